The van der Waals surface area contributed by atoms with E-state index in [1.54, 1.807) is 16.9 Å². The van der Waals surface area contributed by atoms with E-state index in [2.05, 4.69) is 30.2 Å². The van der Waals surface area contributed by atoms with Gasteiger partial charge in [0.05, 0.1) is 6.61 Å². The molecule has 0 N–H and O–H groups in total. The van der Waals surface area contributed by atoms with Crippen LogP contribution in [0.4, 0.5) is 5.82 Å². The highest BCUT2D eigenvalue weighted by atomic mass is 16.5. The number of hydrogen-bond acceptors (Lipinski definition) is 7. The molecule has 4 heterocycles. The van der Waals surface area contributed by atoms with Gasteiger partial charge >= 0.3 is 6.01 Å². The maximum Gasteiger partial charge on any atom is 0.316 e. The molecule has 0 spiro atoms. The third-order valence-electron chi connectivity index (χ3n) is 4.45. The van der Waals surface area contributed by atoms with Crippen LogP contribution in [0.3, 0.4) is 0 Å². The third kappa shape index (κ3) is 3.38. The Kier molecular flexibility index (Phi) is 4.17. The molecule has 130 valence electrons. The predicted molar refractivity (Wildman–Crippen MR) is 92.7 cm³/mol. The number of aromatic nitrogens is 6. The van der Waals surface area contributed by atoms with Crippen LogP contribution in [0.1, 0.15) is 24.2 Å². The number of fused-ring (bicyclic) bond motifs is 1. The van der Waals surface area contributed by atoms with Crippen LogP contribution in [-0.2, 0) is 0 Å². The maximum absolute atomic E-state index is 5.77. The van der Waals surface area contributed by atoms with Gasteiger partial charge in [0.2, 0.25) is 0 Å². The van der Waals surface area contributed by atoms with Gasteiger partial charge in [0.25, 0.3) is 0 Å². The molecule has 0 bridgehead atoms. The Bertz CT molecular complexity index is 861. The summed E-state index contributed by atoms with van der Waals surface area (Å²) in [5.74, 6) is 2.18. The molecule has 1 aliphatic heterocycles. The van der Waals surface area contributed by atoms with E-state index in [0.717, 1.165) is 48.8 Å². The van der Waals surface area contributed by atoms with E-state index >= 15 is 0 Å². The van der Waals surface area contributed by atoms with Gasteiger partial charge in [0.15, 0.2) is 11.5 Å². The van der Waals surface area contributed by atoms with E-state index in [1.165, 1.54) is 0 Å². The summed E-state index contributed by atoms with van der Waals surface area (Å²) in [5.41, 5.74) is 1.80. The maximum atomic E-state index is 5.77. The first-order chi connectivity index (χ1) is 12.2. The Morgan fingerprint density at radius 2 is 2.00 bits per heavy atom. The molecule has 0 amide bonds. The van der Waals surface area contributed by atoms with Crippen LogP contribution in [0.2, 0.25) is 0 Å². The van der Waals surface area contributed by atoms with Crippen molar-refractivity contribution in [2.75, 3.05) is 24.6 Å². The number of piperidine rings is 1. The monoisotopic (exact) mass is 339 g/mol. The van der Waals surface area contributed by atoms with Crippen molar-refractivity contribution in [1.82, 2.24) is 29.8 Å². The zero-order valence-corrected chi connectivity index (χ0v) is 14.5. The molecule has 1 unspecified atom stereocenters. The molecule has 0 radical (unpaired) electrons. The summed E-state index contributed by atoms with van der Waals surface area (Å²) in [6.07, 6.45) is 5.80. The first kappa shape index (κ1) is 15.7. The van der Waals surface area contributed by atoms with Gasteiger partial charge in [0, 0.05) is 31.4 Å². The minimum Gasteiger partial charge on any atom is -0.463 e. The van der Waals surface area contributed by atoms with Crippen molar-refractivity contribution < 1.29 is 4.74 Å². The Morgan fingerprint density at radius 1 is 1.16 bits per heavy atom. The van der Waals surface area contributed by atoms with Gasteiger partial charge in [-0.3, -0.25) is 0 Å². The summed E-state index contributed by atoms with van der Waals surface area (Å²) < 4.78 is 7.55. The van der Waals surface area contributed by atoms with E-state index in [0.29, 0.717) is 18.5 Å². The molecule has 1 saturated heterocycles. The Hall–Kier alpha value is -2.77. The van der Waals surface area contributed by atoms with Crippen molar-refractivity contribution >= 4 is 11.5 Å². The van der Waals surface area contributed by atoms with Gasteiger partial charge in [-0.05, 0) is 44.4 Å². The molecule has 25 heavy (non-hydrogen) atoms. The summed E-state index contributed by atoms with van der Waals surface area (Å²) in [6, 6.07) is 4.42. The molecular formula is C17H21N7O. The van der Waals surface area contributed by atoms with Crippen molar-refractivity contribution in [3.63, 3.8) is 0 Å². The lowest BCUT2D eigenvalue weighted by molar-refractivity contribution is 0.213. The van der Waals surface area contributed by atoms with Gasteiger partial charge < -0.3 is 9.64 Å². The summed E-state index contributed by atoms with van der Waals surface area (Å²) in [4.78, 5) is 10.7. The highest BCUT2D eigenvalue weighted by Gasteiger charge is 2.22. The summed E-state index contributed by atoms with van der Waals surface area (Å²) in [6.45, 7) is 6.39. The zero-order valence-electron chi connectivity index (χ0n) is 14.5. The smallest absolute Gasteiger partial charge is 0.316 e. The number of rotatable bonds is 4. The van der Waals surface area contributed by atoms with E-state index in [4.69, 9.17) is 4.74 Å². The molecule has 0 saturated carbocycles. The average Bonchev–Trinajstić information content (AvgIpc) is 3.02. The van der Waals surface area contributed by atoms with E-state index < -0.39 is 0 Å². The van der Waals surface area contributed by atoms with E-state index in [9.17, 15) is 0 Å². The predicted octanol–water partition coefficient (Wildman–Crippen LogP) is 1.83. The Morgan fingerprint density at radius 3 is 2.84 bits per heavy atom. The summed E-state index contributed by atoms with van der Waals surface area (Å²) in [5, 5.41) is 12.8. The van der Waals surface area contributed by atoms with Crippen LogP contribution in [0.5, 0.6) is 6.01 Å². The lowest BCUT2D eigenvalue weighted by atomic mass is 9.99. The van der Waals surface area contributed by atoms with Gasteiger partial charge in [-0.2, -0.15) is 4.52 Å². The van der Waals surface area contributed by atoms with Crippen LogP contribution in [-0.4, -0.2) is 49.5 Å². The SMILES string of the molecule is Cc1cnc(OCC2CCCN(c3ccc4nnc(C)n4n3)C2)nc1. The second-order valence-corrected chi connectivity index (χ2v) is 6.52. The zero-order chi connectivity index (χ0) is 17.2. The van der Waals surface area contributed by atoms with Crippen LogP contribution < -0.4 is 9.64 Å². The minimum absolute atomic E-state index is 0.429. The average molecular weight is 339 g/mol. The topological polar surface area (TPSA) is 81.3 Å². The first-order valence-electron chi connectivity index (χ1n) is 8.54. The van der Waals surface area contributed by atoms with Crippen LogP contribution in [0, 0.1) is 19.8 Å². The Labute approximate surface area is 145 Å². The minimum atomic E-state index is 0.429. The number of aryl methyl sites for hydroxylation is 2. The van der Waals surface area contributed by atoms with Gasteiger partial charge in [-0.25, -0.2) is 9.97 Å². The molecule has 8 nitrogen and oxygen atoms in total. The van der Waals surface area contributed by atoms with Crippen molar-refractivity contribution in [2.24, 2.45) is 5.92 Å². The highest BCUT2D eigenvalue weighted by Crippen LogP contribution is 2.22. The van der Waals surface area contributed by atoms with Gasteiger partial charge in [-0.15, -0.1) is 15.3 Å². The van der Waals surface area contributed by atoms with Crippen LogP contribution >= 0.6 is 0 Å². The summed E-state index contributed by atoms with van der Waals surface area (Å²) in [7, 11) is 0. The Balaban J connectivity index is 1.42. The summed E-state index contributed by atoms with van der Waals surface area (Å²) >= 11 is 0. The molecule has 1 aliphatic rings. The normalized spacial score (nSPS) is 17.8. The molecule has 3 aromatic heterocycles. The molecule has 4 rings (SSSR count). The second-order valence-electron chi connectivity index (χ2n) is 6.52. The van der Waals surface area contributed by atoms with E-state index in [-0.39, 0.29) is 0 Å². The van der Waals surface area contributed by atoms with Crippen molar-refractivity contribution in [3.05, 3.63) is 35.9 Å². The fourth-order valence-corrected chi connectivity index (χ4v) is 3.11. The van der Waals surface area contributed by atoms with Crippen molar-refractivity contribution in [1.29, 1.82) is 0 Å². The largest absolute Gasteiger partial charge is 0.463 e. The first-order valence-corrected chi connectivity index (χ1v) is 8.54. The molecule has 1 atom stereocenters. The van der Waals surface area contributed by atoms with Crippen molar-refractivity contribution in [3.8, 4) is 6.01 Å². The molecule has 0 aliphatic carbocycles. The van der Waals surface area contributed by atoms with Crippen molar-refractivity contribution in [2.45, 2.75) is 26.7 Å². The number of hydrogen-bond donors (Lipinski definition) is 0. The van der Waals surface area contributed by atoms with Gasteiger partial charge in [0.1, 0.15) is 5.82 Å². The van der Waals surface area contributed by atoms with E-state index in [1.807, 2.05) is 26.0 Å². The molecule has 3 aromatic rings. The van der Waals surface area contributed by atoms with Crippen LogP contribution in [0.15, 0.2) is 24.5 Å². The van der Waals surface area contributed by atoms with Gasteiger partial charge in [-0.1, -0.05) is 0 Å². The molecule has 0 aromatic carbocycles. The number of ether oxygens (including phenoxy) is 1. The standard InChI is InChI=1S/C17H21N7O/c1-12-8-18-17(19-9-12)25-11-14-4-3-7-23(10-14)16-6-5-15-21-20-13(2)24(15)22-16/h5-6,8-9,14H,3-4,7,10-11H2,1-2H3. The van der Waals surface area contributed by atoms with Crippen LogP contribution in [0.25, 0.3) is 5.65 Å². The molecule has 8 heteroatoms. The quantitative estimate of drug-likeness (QED) is 0.717. The lowest BCUT2D eigenvalue weighted by Crippen LogP contribution is -2.38. The number of anilines is 1. The number of nitrogens with zero attached hydrogens (tertiary/aromatic N) is 7. The second kappa shape index (κ2) is 6.62. The molecular weight excluding hydrogens is 318 g/mol. The fraction of sp³-hybridized carbons (Fsp3) is 0.471. The highest BCUT2D eigenvalue weighted by molar-refractivity contribution is 5.46. The molecule has 1 fully saturated rings. The fourth-order valence-electron chi connectivity index (χ4n) is 3.11. The lowest BCUT2D eigenvalue weighted by Gasteiger charge is -2.33. The third-order valence-corrected chi connectivity index (χ3v) is 4.45.